The average molecular weight is 339 g/mol. The molecule has 7 heteroatoms. The van der Waals surface area contributed by atoms with Crippen molar-refractivity contribution in [2.24, 2.45) is 0 Å². The highest BCUT2D eigenvalue weighted by molar-refractivity contribution is 6.05. The molecule has 3 aromatic rings. The van der Waals surface area contributed by atoms with E-state index in [2.05, 4.69) is 15.2 Å². The van der Waals surface area contributed by atoms with E-state index in [1.54, 1.807) is 30.3 Å². The molecule has 128 valence electrons. The maximum Gasteiger partial charge on any atom is 0.417 e. The van der Waals surface area contributed by atoms with E-state index in [-0.39, 0.29) is 5.91 Å². The lowest BCUT2D eigenvalue weighted by molar-refractivity contribution is 0.102. The monoisotopic (exact) mass is 339 g/mol. The smallest absolute Gasteiger partial charge is 0.408 e. The molecule has 2 heterocycles. The molecular weight excluding hydrogens is 322 g/mol. The van der Waals surface area contributed by atoms with Crippen LogP contribution in [0.25, 0.3) is 11.1 Å². The number of nitrogens with one attached hydrogen (secondary N) is 2. The molecule has 1 amide bonds. The number of benzene rings is 2. The van der Waals surface area contributed by atoms with Gasteiger partial charge in [-0.25, -0.2) is 4.79 Å². The number of nitrogens with zero attached hydrogens (tertiary/aromatic N) is 1. The molecule has 1 aliphatic rings. The van der Waals surface area contributed by atoms with Gasteiger partial charge in [0.25, 0.3) is 5.91 Å². The second-order valence-electron chi connectivity index (χ2n) is 5.83. The van der Waals surface area contributed by atoms with E-state index in [1.807, 2.05) is 12.1 Å². The zero-order valence-electron chi connectivity index (χ0n) is 13.5. The molecule has 25 heavy (non-hydrogen) atoms. The summed E-state index contributed by atoms with van der Waals surface area (Å²) in [5.41, 5.74) is 3.24. The van der Waals surface area contributed by atoms with Crippen LogP contribution >= 0.6 is 0 Å². The van der Waals surface area contributed by atoms with E-state index in [9.17, 15) is 9.59 Å². The summed E-state index contributed by atoms with van der Waals surface area (Å²) in [6, 6.07) is 12.5. The van der Waals surface area contributed by atoms with E-state index in [4.69, 9.17) is 9.15 Å². The molecule has 2 aromatic carbocycles. The van der Waals surface area contributed by atoms with Crippen molar-refractivity contribution in [3.63, 3.8) is 0 Å². The number of hydrogen-bond donors (Lipinski definition) is 2. The number of H-pyrrole nitrogens is 1. The van der Waals surface area contributed by atoms with E-state index in [1.165, 1.54) is 0 Å². The van der Waals surface area contributed by atoms with Crippen molar-refractivity contribution in [2.75, 3.05) is 36.5 Å². The first-order valence-corrected chi connectivity index (χ1v) is 8.06. The summed E-state index contributed by atoms with van der Waals surface area (Å²) in [6.07, 6.45) is 0. The number of fused-ring (bicyclic) bond motifs is 1. The van der Waals surface area contributed by atoms with Crippen LogP contribution in [0.4, 0.5) is 11.4 Å². The summed E-state index contributed by atoms with van der Waals surface area (Å²) in [4.78, 5) is 28.4. The van der Waals surface area contributed by atoms with Crippen LogP contribution in [0.5, 0.6) is 0 Å². The summed E-state index contributed by atoms with van der Waals surface area (Å²) in [7, 11) is 0. The van der Waals surface area contributed by atoms with Gasteiger partial charge in [-0.05, 0) is 42.5 Å². The Kier molecular flexibility index (Phi) is 3.99. The number of ether oxygens (including phenoxy) is 1. The highest BCUT2D eigenvalue weighted by Gasteiger charge is 2.12. The minimum atomic E-state index is -0.517. The van der Waals surface area contributed by atoms with Gasteiger partial charge in [-0.3, -0.25) is 9.78 Å². The lowest BCUT2D eigenvalue weighted by Crippen LogP contribution is -2.36. The molecule has 0 unspecified atom stereocenters. The molecule has 0 atom stereocenters. The molecular formula is C18H17N3O4. The maximum atomic E-state index is 12.4. The molecule has 1 aromatic heterocycles. The largest absolute Gasteiger partial charge is 0.417 e. The molecule has 0 aliphatic carbocycles. The van der Waals surface area contributed by atoms with Gasteiger partial charge in [0.05, 0.1) is 18.7 Å². The predicted molar refractivity (Wildman–Crippen MR) is 94.3 cm³/mol. The van der Waals surface area contributed by atoms with Crippen molar-refractivity contribution >= 4 is 28.4 Å². The van der Waals surface area contributed by atoms with Gasteiger partial charge in [0, 0.05) is 30.0 Å². The Hall–Kier alpha value is -3.06. The highest BCUT2D eigenvalue weighted by Crippen LogP contribution is 2.19. The summed E-state index contributed by atoms with van der Waals surface area (Å²) in [6.45, 7) is 3.16. The maximum absolute atomic E-state index is 12.4. The van der Waals surface area contributed by atoms with Crippen molar-refractivity contribution in [1.82, 2.24) is 4.98 Å². The fourth-order valence-corrected chi connectivity index (χ4v) is 2.88. The van der Waals surface area contributed by atoms with Gasteiger partial charge < -0.3 is 19.4 Å². The third-order valence-corrected chi connectivity index (χ3v) is 4.18. The molecule has 0 saturated carbocycles. The first kappa shape index (κ1) is 15.5. The lowest BCUT2D eigenvalue weighted by Gasteiger charge is -2.28. The number of morpholine rings is 1. The number of aromatic amines is 1. The Morgan fingerprint density at radius 2 is 1.84 bits per heavy atom. The number of aromatic nitrogens is 1. The van der Waals surface area contributed by atoms with Crippen molar-refractivity contribution in [1.29, 1.82) is 0 Å². The lowest BCUT2D eigenvalue weighted by atomic mass is 10.1. The number of carbonyl (C=O) groups excluding carboxylic acids is 1. The van der Waals surface area contributed by atoms with Gasteiger partial charge in [0.15, 0.2) is 5.58 Å². The van der Waals surface area contributed by atoms with Gasteiger partial charge in [-0.2, -0.15) is 0 Å². The van der Waals surface area contributed by atoms with Gasteiger partial charge in [-0.15, -0.1) is 0 Å². The Morgan fingerprint density at radius 3 is 2.60 bits per heavy atom. The van der Waals surface area contributed by atoms with Crippen molar-refractivity contribution in [3.05, 3.63) is 58.6 Å². The van der Waals surface area contributed by atoms with E-state index in [0.717, 1.165) is 32.0 Å². The Labute approximate surface area is 143 Å². The van der Waals surface area contributed by atoms with Crippen LogP contribution in [0, 0.1) is 0 Å². The van der Waals surface area contributed by atoms with Crippen LogP contribution in [0.3, 0.4) is 0 Å². The zero-order valence-corrected chi connectivity index (χ0v) is 13.5. The van der Waals surface area contributed by atoms with E-state index >= 15 is 0 Å². The SMILES string of the molecule is O=C(Nc1ccc2oc(=O)[nH]c2c1)c1ccc(N2CCOCC2)cc1. The third kappa shape index (κ3) is 3.27. The van der Waals surface area contributed by atoms with Crippen LogP contribution < -0.4 is 16.0 Å². The van der Waals surface area contributed by atoms with Gasteiger partial charge in [-0.1, -0.05) is 0 Å². The van der Waals surface area contributed by atoms with Crippen LogP contribution in [0.15, 0.2) is 51.7 Å². The molecule has 7 nitrogen and oxygen atoms in total. The molecule has 1 saturated heterocycles. The molecule has 2 N–H and O–H groups in total. The molecule has 1 aliphatic heterocycles. The van der Waals surface area contributed by atoms with Gasteiger partial charge >= 0.3 is 5.76 Å². The Balaban J connectivity index is 1.48. The normalized spacial score (nSPS) is 14.6. The molecule has 0 radical (unpaired) electrons. The summed E-state index contributed by atoms with van der Waals surface area (Å²) < 4.78 is 10.3. The minimum absolute atomic E-state index is 0.210. The van der Waals surface area contributed by atoms with E-state index < -0.39 is 5.76 Å². The second kappa shape index (κ2) is 6.45. The molecule has 0 bridgehead atoms. The number of anilines is 2. The number of rotatable bonds is 3. The third-order valence-electron chi connectivity index (χ3n) is 4.18. The number of oxazole rings is 1. The van der Waals surface area contributed by atoms with E-state index in [0.29, 0.717) is 22.4 Å². The van der Waals surface area contributed by atoms with Gasteiger partial charge in [0.1, 0.15) is 0 Å². The molecule has 4 rings (SSSR count). The Bertz CT molecular complexity index is 952. The standard InChI is InChI=1S/C18H17N3O4/c22-17(19-13-3-6-16-15(11-13)20-18(23)25-16)12-1-4-14(5-2-12)21-7-9-24-10-8-21/h1-6,11H,7-10H2,(H,19,22)(H,20,23). The topological polar surface area (TPSA) is 87.6 Å². The predicted octanol–water partition coefficient (Wildman–Crippen LogP) is 2.21. The van der Waals surface area contributed by atoms with Crippen molar-refractivity contribution in [3.8, 4) is 0 Å². The van der Waals surface area contributed by atoms with Gasteiger partial charge in [0.2, 0.25) is 0 Å². The Morgan fingerprint density at radius 1 is 1.08 bits per heavy atom. The fraction of sp³-hybridized carbons (Fsp3) is 0.222. The fourth-order valence-electron chi connectivity index (χ4n) is 2.88. The van der Waals surface area contributed by atoms with Crippen LogP contribution in [-0.4, -0.2) is 37.2 Å². The van der Waals surface area contributed by atoms with Crippen LogP contribution in [-0.2, 0) is 4.74 Å². The summed E-state index contributed by atoms with van der Waals surface area (Å²) >= 11 is 0. The van der Waals surface area contributed by atoms with Crippen LogP contribution in [0.1, 0.15) is 10.4 Å². The highest BCUT2D eigenvalue weighted by atomic mass is 16.5. The molecule has 1 fully saturated rings. The quantitative estimate of drug-likeness (QED) is 0.764. The van der Waals surface area contributed by atoms with Crippen LogP contribution in [0.2, 0.25) is 0 Å². The summed E-state index contributed by atoms with van der Waals surface area (Å²) in [5, 5.41) is 2.82. The zero-order chi connectivity index (χ0) is 17.2. The van der Waals surface area contributed by atoms with Crippen molar-refractivity contribution in [2.45, 2.75) is 0 Å². The first-order chi connectivity index (χ1) is 12.2. The number of hydrogen-bond acceptors (Lipinski definition) is 5. The summed E-state index contributed by atoms with van der Waals surface area (Å²) in [5.74, 6) is -0.726. The number of carbonyl (C=O) groups is 1. The average Bonchev–Trinajstić information content (AvgIpc) is 3.02. The minimum Gasteiger partial charge on any atom is -0.408 e. The number of amides is 1. The van der Waals surface area contributed by atoms with Crippen molar-refractivity contribution < 1.29 is 13.9 Å². The molecule has 0 spiro atoms. The first-order valence-electron chi connectivity index (χ1n) is 8.06. The second-order valence-corrected chi connectivity index (χ2v) is 5.83.